The first-order chi connectivity index (χ1) is 10.8. The van der Waals surface area contributed by atoms with Crippen molar-refractivity contribution in [2.45, 2.75) is 41.5 Å². The predicted octanol–water partition coefficient (Wildman–Crippen LogP) is 1.77. The summed E-state index contributed by atoms with van der Waals surface area (Å²) in [5, 5.41) is 0. The van der Waals surface area contributed by atoms with Crippen molar-refractivity contribution in [1.29, 1.82) is 0 Å². The van der Waals surface area contributed by atoms with Crippen LogP contribution >= 0.6 is 0 Å². The average molecular weight is 456 g/mol. The second kappa shape index (κ2) is 9.95. The molecule has 0 aliphatic carbocycles. The van der Waals surface area contributed by atoms with Crippen molar-refractivity contribution in [2.75, 3.05) is 0 Å². The maximum absolute atomic E-state index is 9.75. The van der Waals surface area contributed by atoms with Gasteiger partial charge in [0.05, 0.1) is 5.69 Å². The fourth-order valence-corrected chi connectivity index (χ4v) is 2.35. The minimum Gasteiger partial charge on any atom is -0.418 e. The number of halogens is 5. The minimum absolute atomic E-state index is 1.10. The fourth-order valence-electron chi connectivity index (χ4n) is 2.06. The van der Waals surface area contributed by atoms with Gasteiger partial charge in [0, 0.05) is 22.6 Å². The van der Waals surface area contributed by atoms with Gasteiger partial charge in [-0.2, -0.15) is 0 Å². The Labute approximate surface area is 154 Å². The van der Waals surface area contributed by atoms with Crippen molar-refractivity contribution < 1.29 is 39.9 Å². The summed E-state index contributed by atoms with van der Waals surface area (Å²) in [6.07, 6.45) is 0. The third kappa shape index (κ3) is 11.4. The van der Waals surface area contributed by atoms with Crippen molar-refractivity contribution in [3.05, 3.63) is 55.7 Å². The lowest BCUT2D eigenvalue weighted by molar-refractivity contribution is -0.331. The molecule has 0 aliphatic heterocycles. The lowest BCUT2D eigenvalue weighted by Crippen LogP contribution is -3.34. The van der Waals surface area contributed by atoms with Crippen molar-refractivity contribution in [1.82, 2.24) is 9.97 Å². The summed E-state index contributed by atoms with van der Waals surface area (Å²) in [5.41, 5.74) is 7.11. The molecule has 2 aromatic rings. The molecule has 134 valence electrons. The van der Waals surface area contributed by atoms with E-state index in [0.717, 1.165) is 22.8 Å². The van der Waals surface area contributed by atoms with E-state index in [2.05, 4.69) is 48.9 Å². The van der Waals surface area contributed by atoms with Crippen LogP contribution in [0.3, 0.4) is 0 Å². The molecule has 2 aromatic heterocycles. The van der Waals surface area contributed by atoms with Gasteiger partial charge < -0.3 is 17.3 Å². The SMILES string of the molecule is Cc1cc(C)c([IH+])c(C)n1.Cc1cc(C)nc(C)c1.F[B-](F)(F)F. The zero-order chi connectivity index (χ0) is 19.1. The van der Waals surface area contributed by atoms with Gasteiger partial charge in [-0.05, 0) is 65.3 Å². The molecule has 0 amide bonds. The molecule has 24 heavy (non-hydrogen) atoms. The number of rotatable bonds is 0. The van der Waals surface area contributed by atoms with E-state index in [9.17, 15) is 17.3 Å². The van der Waals surface area contributed by atoms with E-state index < -0.39 is 7.25 Å². The first kappa shape index (κ1) is 22.8. The first-order valence-corrected chi connectivity index (χ1v) is 8.37. The molecule has 0 atom stereocenters. The molecule has 0 saturated carbocycles. The molecule has 0 aliphatic rings. The van der Waals surface area contributed by atoms with E-state index in [1.54, 1.807) is 0 Å². The molecule has 0 saturated heterocycles. The van der Waals surface area contributed by atoms with Gasteiger partial charge >= 0.3 is 7.25 Å². The van der Waals surface area contributed by atoms with E-state index in [1.807, 2.05) is 43.4 Å². The van der Waals surface area contributed by atoms with E-state index in [0.29, 0.717) is 0 Å². The number of hydrogen-bond donors (Lipinski definition) is 0. The summed E-state index contributed by atoms with van der Waals surface area (Å²) in [6.45, 7) is 12.3. The molecule has 0 fully saturated rings. The van der Waals surface area contributed by atoms with E-state index in [1.165, 1.54) is 14.7 Å². The highest BCUT2D eigenvalue weighted by Crippen LogP contribution is 2.06. The molecular weight excluding hydrogens is 434 g/mol. The number of hydrogen-bond acceptors (Lipinski definition) is 2. The number of aryl methyl sites for hydroxylation is 6. The van der Waals surface area contributed by atoms with Gasteiger partial charge in [0.1, 0.15) is 0 Å². The summed E-state index contributed by atoms with van der Waals surface area (Å²) >= 11 is 2.04. The van der Waals surface area contributed by atoms with Crippen LogP contribution in [0.5, 0.6) is 0 Å². The van der Waals surface area contributed by atoms with E-state index in [-0.39, 0.29) is 0 Å². The van der Waals surface area contributed by atoms with Gasteiger partial charge in [0.2, 0.25) is 3.57 Å². The molecule has 0 bridgehead atoms. The maximum Gasteiger partial charge on any atom is 0.673 e. The summed E-state index contributed by atoms with van der Waals surface area (Å²) in [7, 11) is -6.00. The third-order valence-electron chi connectivity index (χ3n) is 2.68. The third-order valence-corrected chi connectivity index (χ3v) is 4.44. The Morgan fingerprint density at radius 3 is 1.46 bits per heavy atom. The second-order valence-electron chi connectivity index (χ2n) is 5.42. The van der Waals surface area contributed by atoms with Gasteiger partial charge in [-0.15, -0.1) is 0 Å². The van der Waals surface area contributed by atoms with Crippen LogP contribution in [0, 0.1) is 45.1 Å². The number of nitrogens with zero attached hydrogens (tertiary/aromatic N) is 2. The van der Waals surface area contributed by atoms with Crippen molar-refractivity contribution in [2.24, 2.45) is 0 Å². The molecule has 2 rings (SSSR count). The Kier molecular flexibility index (Phi) is 9.46. The van der Waals surface area contributed by atoms with Crippen LogP contribution in [-0.4, -0.2) is 17.2 Å². The zero-order valence-corrected chi connectivity index (χ0v) is 17.0. The Morgan fingerprint density at radius 1 is 0.750 bits per heavy atom. The van der Waals surface area contributed by atoms with E-state index >= 15 is 0 Å². The van der Waals surface area contributed by atoms with E-state index in [4.69, 9.17) is 0 Å². The number of pyridine rings is 2. The molecule has 2 heterocycles. The predicted molar refractivity (Wildman–Crippen MR) is 87.2 cm³/mol. The van der Waals surface area contributed by atoms with Crippen molar-refractivity contribution in [3.63, 3.8) is 0 Å². The summed E-state index contributed by atoms with van der Waals surface area (Å²) in [5.74, 6) is 0. The molecule has 0 N–H and O–H groups in total. The second-order valence-corrected chi connectivity index (χ2v) is 6.58. The smallest absolute Gasteiger partial charge is 0.418 e. The molecular formula is C16H22BF4IN2. The van der Waals surface area contributed by atoms with Gasteiger partial charge in [0.25, 0.3) is 22.6 Å². The molecule has 0 unspecified atom stereocenters. The Bertz CT molecular complexity index is 596. The topological polar surface area (TPSA) is 25.8 Å². The van der Waals surface area contributed by atoms with Crippen LogP contribution in [0.2, 0.25) is 0 Å². The summed E-state index contributed by atoms with van der Waals surface area (Å²) in [6, 6.07) is 6.27. The largest absolute Gasteiger partial charge is 0.673 e. The number of aromatic nitrogens is 2. The van der Waals surface area contributed by atoms with Crippen LogP contribution < -0.4 is 22.6 Å². The average Bonchev–Trinajstić information content (AvgIpc) is 2.32. The van der Waals surface area contributed by atoms with Crippen LogP contribution in [0.15, 0.2) is 18.2 Å². The lowest BCUT2D eigenvalue weighted by Gasteiger charge is -1.96. The van der Waals surface area contributed by atoms with Crippen LogP contribution in [0.4, 0.5) is 17.3 Å². The lowest BCUT2D eigenvalue weighted by atomic mass is 10.2. The molecule has 0 aromatic carbocycles. The Morgan fingerprint density at radius 2 is 1.12 bits per heavy atom. The van der Waals surface area contributed by atoms with Gasteiger partial charge in [0.15, 0.2) is 0 Å². The molecule has 0 radical (unpaired) electrons. The minimum atomic E-state index is -6.00. The molecule has 8 heteroatoms. The zero-order valence-electron chi connectivity index (χ0n) is 14.6. The fraction of sp³-hybridized carbons (Fsp3) is 0.375. The first-order valence-electron chi connectivity index (χ1n) is 7.20. The molecule has 2 nitrogen and oxygen atoms in total. The quantitative estimate of drug-likeness (QED) is 0.344. The highest BCUT2D eigenvalue weighted by Gasteiger charge is 2.20. The summed E-state index contributed by atoms with van der Waals surface area (Å²) in [4.78, 5) is 8.57. The van der Waals surface area contributed by atoms with Gasteiger partial charge in [-0.1, -0.05) is 0 Å². The van der Waals surface area contributed by atoms with Crippen molar-refractivity contribution in [3.8, 4) is 0 Å². The highest BCUT2D eigenvalue weighted by molar-refractivity contribution is 6.50. The van der Waals surface area contributed by atoms with Crippen LogP contribution in [0.25, 0.3) is 0 Å². The summed E-state index contributed by atoms with van der Waals surface area (Å²) < 4.78 is 40.3. The Hall–Kier alpha value is -1.19. The van der Waals surface area contributed by atoms with Crippen molar-refractivity contribution >= 4 is 7.25 Å². The standard InChI is InChI=1S/C8H11IN.C8H11N.BF4/c1-5-4-6(2)10-7(3)8(5)9;1-6-4-7(2)9-8(3)5-6;2-1(3,4)5/h4,9H,1-3H3;4-5H,1-3H3;/q+1;;-1. The van der Waals surface area contributed by atoms with Gasteiger partial charge in [-0.25, -0.2) is 0 Å². The van der Waals surface area contributed by atoms with Crippen LogP contribution in [0.1, 0.15) is 33.9 Å². The molecule has 0 spiro atoms. The highest BCUT2D eigenvalue weighted by atomic mass is 127. The monoisotopic (exact) mass is 456 g/mol. The maximum atomic E-state index is 9.75. The van der Waals surface area contributed by atoms with Gasteiger partial charge in [-0.3, -0.25) is 9.97 Å². The van der Waals surface area contributed by atoms with Crippen LogP contribution in [-0.2, 0) is 0 Å². The normalized spacial score (nSPS) is 10.3. The Balaban J connectivity index is 0.000000351.